The van der Waals surface area contributed by atoms with E-state index in [1.165, 1.54) is 23.5 Å². The van der Waals surface area contributed by atoms with Crippen molar-refractivity contribution in [3.8, 4) is 22.1 Å². The van der Waals surface area contributed by atoms with Gasteiger partial charge in [0.1, 0.15) is 11.4 Å². The molecule has 0 saturated carbocycles. The zero-order valence-corrected chi connectivity index (χ0v) is 25.7. The molecule has 1 aliphatic rings. The summed E-state index contributed by atoms with van der Waals surface area (Å²) in [5, 5.41) is 5.35. The van der Waals surface area contributed by atoms with E-state index in [-0.39, 0.29) is 11.8 Å². The van der Waals surface area contributed by atoms with Crippen molar-refractivity contribution in [3.63, 3.8) is 0 Å². The first-order chi connectivity index (χ1) is 21.1. The number of aromatic nitrogens is 2. The van der Waals surface area contributed by atoms with Crippen LogP contribution >= 0.6 is 11.3 Å². The third-order valence-corrected chi connectivity index (χ3v) is 7.59. The fourth-order valence-corrected chi connectivity index (χ4v) is 5.26. The Morgan fingerprint density at radius 1 is 1.11 bits per heavy atom. The first-order valence-corrected chi connectivity index (χ1v) is 14.8. The van der Waals surface area contributed by atoms with Gasteiger partial charge in [0.25, 0.3) is 0 Å². The smallest absolute Gasteiger partial charge is 0.410 e. The van der Waals surface area contributed by atoms with Gasteiger partial charge in [0.05, 0.1) is 53.2 Å². The molecule has 232 valence electrons. The quantitative estimate of drug-likeness (QED) is 0.214. The summed E-state index contributed by atoms with van der Waals surface area (Å²) in [7, 11) is 1.58. The molecule has 0 aliphatic carbocycles. The number of ether oxygens (including phenoxy) is 4. The van der Waals surface area contributed by atoms with Crippen molar-refractivity contribution in [2.75, 3.05) is 38.8 Å². The van der Waals surface area contributed by atoms with Gasteiger partial charge >= 0.3 is 12.1 Å². The minimum atomic E-state index is -0.625. The summed E-state index contributed by atoms with van der Waals surface area (Å²) in [4.78, 5) is 36.3. The number of halogens is 1. The zero-order valence-electron chi connectivity index (χ0n) is 24.9. The highest BCUT2D eigenvalue weighted by molar-refractivity contribution is 7.22. The highest BCUT2D eigenvalue weighted by Crippen LogP contribution is 2.39. The van der Waals surface area contributed by atoms with Crippen molar-refractivity contribution in [2.45, 2.75) is 39.0 Å². The van der Waals surface area contributed by atoms with Crippen molar-refractivity contribution >= 4 is 39.4 Å². The second-order valence-electron chi connectivity index (χ2n) is 11.2. The Hall–Kier alpha value is -4.33. The summed E-state index contributed by atoms with van der Waals surface area (Å²) in [6.07, 6.45) is 2.90. The predicted molar refractivity (Wildman–Crippen MR) is 165 cm³/mol. The Bertz CT molecular complexity index is 1620. The lowest BCUT2D eigenvalue weighted by molar-refractivity contribution is 0.000734. The van der Waals surface area contributed by atoms with Crippen LogP contribution in [0.3, 0.4) is 0 Å². The normalized spacial score (nSPS) is 13.3. The zero-order chi connectivity index (χ0) is 31.3. The lowest BCUT2D eigenvalue weighted by Crippen LogP contribution is -2.49. The Morgan fingerprint density at radius 3 is 2.59 bits per heavy atom. The molecule has 3 amide bonds. The molecule has 1 saturated heterocycles. The van der Waals surface area contributed by atoms with E-state index in [1.54, 1.807) is 36.5 Å². The van der Waals surface area contributed by atoms with Gasteiger partial charge in [0, 0.05) is 43.9 Å². The number of benzene rings is 1. The van der Waals surface area contributed by atoms with Crippen LogP contribution in [0, 0.1) is 5.82 Å². The number of amides is 3. The molecule has 4 aromatic rings. The SMILES string of the molecule is COCCN(Cc1ccc(-c2cc3nccc(Oc4ccc(NC(=O)NC5COC5)cc4F)c3s2)nc1)C(=O)OC(C)(C)C. The Kier molecular flexibility index (Phi) is 9.57. The van der Waals surface area contributed by atoms with Gasteiger partial charge in [-0.1, -0.05) is 6.07 Å². The van der Waals surface area contributed by atoms with Crippen LogP contribution < -0.4 is 15.4 Å². The average molecular weight is 624 g/mol. The summed E-state index contributed by atoms with van der Waals surface area (Å²) < 4.78 is 37.4. The second-order valence-corrected chi connectivity index (χ2v) is 12.2. The largest absolute Gasteiger partial charge is 0.453 e. The Balaban J connectivity index is 1.28. The summed E-state index contributed by atoms with van der Waals surface area (Å²) in [5.41, 5.74) is 1.92. The first-order valence-electron chi connectivity index (χ1n) is 14.0. The van der Waals surface area contributed by atoms with Gasteiger partial charge < -0.3 is 34.5 Å². The van der Waals surface area contributed by atoms with Crippen LogP contribution in [0.2, 0.25) is 0 Å². The predicted octanol–water partition coefficient (Wildman–Crippen LogP) is 6.19. The third kappa shape index (κ3) is 7.98. The lowest BCUT2D eigenvalue weighted by Gasteiger charge is -2.27. The molecule has 3 aromatic heterocycles. The van der Waals surface area contributed by atoms with Crippen molar-refractivity contribution in [1.82, 2.24) is 20.2 Å². The molecule has 44 heavy (non-hydrogen) atoms. The molecule has 0 bridgehead atoms. The van der Waals surface area contributed by atoms with E-state index in [9.17, 15) is 14.0 Å². The number of methoxy groups -OCH3 is 1. The number of fused-ring (bicyclic) bond motifs is 1. The van der Waals surface area contributed by atoms with Gasteiger partial charge in [-0.25, -0.2) is 14.0 Å². The summed E-state index contributed by atoms with van der Waals surface area (Å²) in [6, 6.07) is 11.1. The lowest BCUT2D eigenvalue weighted by atomic mass is 10.2. The standard InChI is InChI=1S/C31H34FN5O6S/c1-31(2,3)43-30(39)37(11-12-40-4)16-19-5-7-23(34-15-19)27-14-24-28(44-27)26(9-10-33-24)42-25-8-6-20(13-22(25)32)35-29(38)36-21-17-41-18-21/h5-10,13-15,21H,11-12,16-18H2,1-4H3,(H2,35,36,38). The molecule has 0 atom stereocenters. The van der Waals surface area contributed by atoms with Crippen LogP contribution in [-0.2, 0) is 20.8 Å². The number of carbonyl (C=O) groups is 2. The Labute approximate surface area is 258 Å². The van der Waals surface area contributed by atoms with Crippen molar-refractivity contribution in [2.24, 2.45) is 0 Å². The summed E-state index contributed by atoms with van der Waals surface area (Å²) in [5.74, 6) is -0.174. The molecular weight excluding hydrogens is 589 g/mol. The van der Waals surface area contributed by atoms with Gasteiger partial charge in [-0.15, -0.1) is 11.3 Å². The molecule has 0 unspecified atom stereocenters. The molecule has 0 spiro atoms. The second kappa shape index (κ2) is 13.5. The minimum absolute atomic E-state index is 0.0105. The Morgan fingerprint density at radius 2 is 1.93 bits per heavy atom. The highest BCUT2D eigenvalue weighted by atomic mass is 32.1. The maximum absolute atomic E-state index is 14.9. The molecule has 1 aliphatic heterocycles. The maximum atomic E-state index is 14.9. The minimum Gasteiger partial charge on any atom is -0.453 e. The molecular formula is C31H34FN5O6S. The van der Waals surface area contributed by atoms with Crippen molar-refractivity contribution in [1.29, 1.82) is 0 Å². The fraction of sp³-hybridized carbons (Fsp3) is 0.355. The van der Waals surface area contributed by atoms with E-state index in [0.29, 0.717) is 49.9 Å². The number of nitrogens with one attached hydrogen (secondary N) is 2. The number of hydrogen-bond acceptors (Lipinski definition) is 9. The van der Waals surface area contributed by atoms with Gasteiger partial charge in [0.15, 0.2) is 11.6 Å². The van der Waals surface area contributed by atoms with Crippen LogP contribution in [0.25, 0.3) is 20.8 Å². The molecule has 13 heteroatoms. The topological polar surface area (TPSA) is 124 Å². The number of thiophene rings is 1. The highest BCUT2D eigenvalue weighted by Gasteiger charge is 2.23. The van der Waals surface area contributed by atoms with Crippen LogP contribution in [0.1, 0.15) is 26.3 Å². The van der Waals surface area contributed by atoms with Crippen LogP contribution in [-0.4, -0.2) is 72.1 Å². The molecule has 11 nitrogen and oxygen atoms in total. The monoisotopic (exact) mass is 623 g/mol. The van der Waals surface area contributed by atoms with E-state index >= 15 is 0 Å². The molecule has 1 fully saturated rings. The summed E-state index contributed by atoms with van der Waals surface area (Å²) >= 11 is 1.42. The maximum Gasteiger partial charge on any atom is 0.410 e. The van der Waals surface area contributed by atoms with Gasteiger partial charge in [0.2, 0.25) is 0 Å². The van der Waals surface area contributed by atoms with Crippen LogP contribution in [0.5, 0.6) is 11.5 Å². The van der Waals surface area contributed by atoms with Crippen molar-refractivity contribution in [3.05, 3.63) is 66.2 Å². The van der Waals surface area contributed by atoms with E-state index in [2.05, 4.69) is 20.6 Å². The third-order valence-electron chi connectivity index (χ3n) is 6.43. The van der Waals surface area contributed by atoms with Crippen LogP contribution in [0.4, 0.5) is 19.7 Å². The number of urea groups is 1. The molecule has 2 N–H and O–H groups in total. The average Bonchev–Trinajstić information content (AvgIpc) is 3.39. The van der Waals surface area contributed by atoms with E-state index in [1.807, 2.05) is 39.0 Å². The van der Waals surface area contributed by atoms with Crippen LogP contribution in [0.15, 0.2) is 54.9 Å². The van der Waals surface area contributed by atoms with E-state index in [4.69, 9.17) is 18.9 Å². The van der Waals surface area contributed by atoms with Gasteiger partial charge in [-0.3, -0.25) is 9.97 Å². The number of pyridine rings is 2. The van der Waals surface area contributed by atoms with E-state index in [0.717, 1.165) is 20.8 Å². The molecule has 0 radical (unpaired) electrons. The molecule has 4 heterocycles. The number of nitrogens with zero attached hydrogens (tertiary/aromatic N) is 3. The first kappa shape index (κ1) is 31.1. The van der Waals surface area contributed by atoms with Crippen molar-refractivity contribution < 1.29 is 32.9 Å². The number of carbonyl (C=O) groups excluding carboxylic acids is 2. The number of rotatable bonds is 10. The van der Waals surface area contributed by atoms with E-state index < -0.39 is 23.5 Å². The van der Waals surface area contributed by atoms with Gasteiger partial charge in [-0.05, 0) is 50.6 Å². The molecule has 1 aromatic carbocycles. The fourth-order valence-electron chi connectivity index (χ4n) is 4.22. The molecule has 5 rings (SSSR count). The summed E-state index contributed by atoms with van der Waals surface area (Å²) in [6.45, 7) is 7.48. The number of anilines is 1. The van der Waals surface area contributed by atoms with Gasteiger partial charge in [-0.2, -0.15) is 0 Å². The number of hydrogen-bond donors (Lipinski definition) is 2.